The van der Waals surface area contributed by atoms with Crippen LogP contribution in [0.5, 0.6) is 5.75 Å². The van der Waals surface area contributed by atoms with Crippen molar-refractivity contribution in [1.82, 2.24) is 0 Å². The van der Waals surface area contributed by atoms with Crippen molar-refractivity contribution in [3.05, 3.63) is 29.8 Å². The second-order valence-electron chi connectivity index (χ2n) is 4.67. The number of carboxylic acid groups (broad SMARTS) is 1. The van der Waals surface area contributed by atoms with Crippen LogP contribution in [0.4, 0.5) is 4.39 Å². The Morgan fingerprint density at radius 2 is 1.94 bits per heavy atom. The standard InChI is InChI=1S/C12H13FO3/c1-11(13)6-12(7-11,10(15)16)8-4-2-3-5-9(8)14/h2-5,14H,6-7H2,1H3,(H,15,16). The average molecular weight is 224 g/mol. The highest BCUT2D eigenvalue weighted by molar-refractivity contribution is 5.84. The van der Waals surface area contributed by atoms with E-state index in [0.717, 1.165) is 0 Å². The molecule has 0 aliphatic heterocycles. The van der Waals surface area contributed by atoms with E-state index in [0.29, 0.717) is 5.56 Å². The van der Waals surface area contributed by atoms with Gasteiger partial charge in [0.1, 0.15) is 16.8 Å². The summed E-state index contributed by atoms with van der Waals surface area (Å²) in [4.78, 5) is 11.3. The number of phenolic OH excluding ortho intramolecular Hbond substituents is 1. The second-order valence-corrected chi connectivity index (χ2v) is 4.67. The van der Waals surface area contributed by atoms with Gasteiger partial charge in [0.05, 0.1) is 0 Å². The minimum absolute atomic E-state index is 0.0830. The Hall–Kier alpha value is -1.58. The molecule has 0 aromatic heterocycles. The minimum atomic E-state index is -1.46. The fourth-order valence-electron chi connectivity index (χ4n) is 2.54. The van der Waals surface area contributed by atoms with Gasteiger partial charge in [0.25, 0.3) is 0 Å². The summed E-state index contributed by atoms with van der Waals surface area (Å²) in [6.45, 7) is 1.38. The number of para-hydroxylation sites is 1. The van der Waals surface area contributed by atoms with Crippen LogP contribution in [0.2, 0.25) is 0 Å². The Kier molecular flexibility index (Phi) is 2.19. The first-order chi connectivity index (χ1) is 7.37. The van der Waals surface area contributed by atoms with E-state index in [9.17, 15) is 19.4 Å². The monoisotopic (exact) mass is 224 g/mol. The molecule has 0 spiro atoms. The molecule has 1 aromatic carbocycles. The van der Waals surface area contributed by atoms with E-state index < -0.39 is 17.1 Å². The Bertz CT molecular complexity index is 432. The molecule has 16 heavy (non-hydrogen) atoms. The molecule has 2 N–H and O–H groups in total. The fraction of sp³-hybridized carbons (Fsp3) is 0.417. The molecular formula is C12H13FO3. The maximum absolute atomic E-state index is 13.5. The van der Waals surface area contributed by atoms with E-state index in [1.165, 1.54) is 13.0 Å². The topological polar surface area (TPSA) is 57.5 Å². The summed E-state index contributed by atoms with van der Waals surface area (Å²) in [6.07, 6.45) is -0.181. The van der Waals surface area contributed by atoms with Crippen LogP contribution in [0, 0.1) is 0 Å². The van der Waals surface area contributed by atoms with Gasteiger partial charge in [0.15, 0.2) is 0 Å². The third kappa shape index (κ3) is 1.45. The molecule has 0 saturated heterocycles. The molecular weight excluding hydrogens is 211 g/mol. The molecule has 86 valence electrons. The first kappa shape index (κ1) is 10.9. The van der Waals surface area contributed by atoms with Crippen molar-refractivity contribution in [2.75, 3.05) is 0 Å². The quantitative estimate of drug-likeness (QED) is 0.809. The van der Waals surface area contributed by atoms with Crippen LogP contribution in [0.15, 0.2) is 24.3 Å². The third-order valence-corrected chi connectivity index (χ3v) is 3.17. The number of carbonyl (C=O) groups is 1. The Balaban J connectivity index is 2.44. The second kappa shape index (κ2) is 3.20. The highest BCUT2D eigenvalue weighted by Gasteiger charge is 2.59. The predicted octanol–water partition coefficient (Wildman–Crippen LogP) is 2.24. The lowest BCUT2D eigenvalue weighted by Crippen LogP contribution is -2.55. The normalized spacial score (nSPS) is 33.1. The lowest BCUT2D eigenvalue weighted by Gasteiger charge is -2.47. The van der Waals surface area contributed by atoms with Gasteiger partial charge in [0, 0.05) is 18.4 Å². The van der Waals surface area contributed by atoms with Crippen molar-refractivity contribution >= 4 is 5.97 Å². The highest BCUT2D eigenvalue weighted by atomic mass is 19.1. The number of hydrogen-bond donors (Lipinski definition) is 2. The van der Waals surface area contributed by atoms with E-state index in [1.54, 1.807) is 18.2 Å². The molecule has 1 aliphatic rings. The number of hydrogen-bond acceptors (Lipinski definition) is 2. The number of rotatable bonds is 2. The molecule has 3 nitrogen and oxygen atoms in total. The van der Waals surface area contributed by atoms with Crippen molar-refractivity contribution in [3.63, 3.8) is 0 Å². The summed E-state index contributed by atoms with van der Waals surface area (Å²) in [7, 11) is 0. The van der Waals surface area contributed by atoms with Gasteiger partial charge in [-0.05, 0) is 13.0 Å². The van der Waals surface area contributed by atoms with Crippen molar-refractivity contribution in [1.29, 1.82) is 0 Å². The number of aliphatic carboxylic acids is 1. The SMILES string of the molecule is CC1(F)CC(C(=O)O)(c2ccccc2O)C1. The Morgan fingerprint density at radius 3 is 2.38 bits per heavy atom. The van der Waals surface area contributed by atoms with E-state index in [2.05, 4.69) is 0 Å². The summed E-state index contributed by atoms with van der Waals surface area (Å²) in [5, 5.41) is 18.9. The van der Waals surface area contributed by atoms with Gasteiger partial charge in [-0.15, -0.1) is 0 Å². The lowest BCUT2D eigenvalue weighted by molar-refractivity contribution is -0.155. The molecule has 1 saturated carbocycles. The highest BCUT2D eigenvalue weighted by Crippen LogP contribution is 2.54. The molecule has 0 amide bonds. The molecule has 4 heteroatoms. The van der Waals surface area contributed by atoms with Crippen LogP contribution in [0.1, 0.15) is 25.3 Å². The summed E-state index contributed by atoms with van der Waals surface area (Å²) < 4.78 is 13.5. The van der Waals surface area contributed by atoms with Crippen molar-refractivity contribution < 1.29 is 19.4 Å². The molecule has 0 radical (unpaired) electrons. The Morgan fingerprint density at radius 1 is 1.38 bits per heavy atom. The maximum Gasteiger partial charge on any atom is 0.314 e. The molecule has 0 heterocycles. The van der Waals surface area contributed by atoms with Crippen LogP contribution < -0.4 is 0 Å². The molecule has 0 atom stereocenters. The zero-order chi connectivity index (χ0) is 12.0. The van der Waals surface area contributed by atoms with Crippen LogP contribution in [0.3, 0.4) is 0 Å². The van der Waals surface area contributed by atoms with Crippen LogP contribution >= 0.6 is 0 Å². The van der Waals surface area contributed by atoms with E-state index in [-0.39, 0.29) is 18.6 Å². The minimum Gasteiger partial charge on any atom is -0.508 e. The van der Waals surface area contributed by atoms with Gasteiger partial charge in [0.2, 0.25) is 0 Å². The lowest BCUT2D eigenvalue weighted by atomic mass is 9.57. The summed E-state index contributed by atoms with van der Waals surface area (Å²) in [5.74, 6) is -1.16. The van der Waals surface area contributed by atoms with E-state index >= 15 is 0 Å². The van der Waals surface area contributed by atoms with Crippen molar-refractivity contribution in [2.45, 2.75) is 30.8 Å². The molecule has 1 aromatic rings. The molecule has 1 fully saturated rings. The van der Waals surface area contributed by atoms with Crippen molar-refractivity contribution in [3.8, 4) is 5.75 Å². The molecule has 2 rings (SSSR count). The van der Waals surface area contributed by atoms with Gasteiger partial charge in [-0.3, -0.25) is 4.79 Å². The smallest absolute Gasteiger partial charge is 0.314 e. The first-order valence-corrected chi connectivity index (χ1v) is 5.08. The summed E-state index contributed by atoms with van der Waals surface area (Å²) in [5.41, 5.74) is -2.42. The molecule has 0 unspecified atom stereocenters. The van der Waals surface area contributed by atoms with E-state index in [4.69, 9.17) is 0 Å². The number of carboxylic acids is 1. The largest absolute Gasteiger partial charge is 0.508 e. The van der Waals surface area contributed by atoms with E-state index in [1.807, 2.05) is 0 Å². The number of halogens is 1. The van der Waals surface area contributed by atoms with Crippen molar-refractivity contribution in [2.24, 2.45) is 0 Å². The average Bonchev–Trinajstić information content (AvgIpc) is 2.14. The number of benzene rings is 1. The summed E-state index contributed by atoms with van der Waals surface area (Å²) >= 11 is 0. The van der Waals surface area contributed by atoms with Gasteiger partial charge in [-0.25, -0.2) is 4.39 Å². The number of phenols is 1. The number of alkyl halides is 1. The van der Waals surface area contributed by atoms with Gasteiger partial charge >= 0.3 is 5.97 Å². The zero-order valence-corrected chi connectivity index (χ0v) is 8.90. The first-order valence-electron chi connectivity index (χ1n) is 5.08. The maximum atomic E-state index is 13.5. The van der Waals surface area contributed by atoms with Crippen LogP contribution in [-0.4, -0.2) is 21.9 Å². The van der Waals surface area contributed by atoms with Gasteiger partial charge in [-0.1, -0.05) is 18.2 Å². The van der Waals surface area contributed by atoms with Crippen LogP contribution in [-0.2, 0) is 10.2 Å². The summed E-state index contributed by atoms with van der Waals surface area (Å²) in [6, 6.07) is 6.22. The van der Waals surface area contributed by atoms with Gasteiger partial charge in [-0.2, -0.15) is 0 Å². The molecule has 0 bridgehead atoms. The van der Waals surface area contributed by atoms with Crippen LogP contribution in [0.25, 0.3) is 0 Å². The molecule has 1 aliphatic carbocycles. The number of aromatic hydroxyl groups is 1. The zero-order valence-electron chi connectivity index (χ0n) is 8.90. The van der Waals surface area contributed by atoms with Gasteiger partial charge < -0.3 is 10.2 Å². The Labute approximate surface area is 92.5 Å². The fourth-order valence-corrected chi connectivity index (χ4v) is 2.54. The third-order valence-electron chi connectivity index (χ3n) is 3.17. The predicted molar refractivity (Wildman–Crippen MR) is 56.2 cm³/mol.